The lowest BCUT2D eigenvalue weighted by Crippen LogP contribution is -2.58. The van der Waals surface area contributed by atoms with Gasteiger partial charge in [-0.15, -0.1) is 0 Å². The van der Waals surface area contributed by atoms with E-state index in [1.165, 1.54) is 0 Å². The van der Waals surface area contributed by atoms with E-state index in [9.17, 15) is 4.79 Å². The minimum Gasteiger partial charge on any atom is -0.375 e. The van der Waals surface area contributed by atoms with E-state index in [2.05, 4.69) is 5.43 Å². The van der Waals surface area contributed by atoms with Gasteiger partial charge >= 0.3 is 6.03 Å². The van der Waals surface area contributed by atoms with Gasteiger partial charge in [0.15, 0.2) is 0 Å². The highest BCUT2D eigenvalue weighted by Gasteiger charge is 2.30. The summed E-state index contributed by atoms with van der Waals surface area (Å²) >= 11 is 0. The van der Waals surface area contributed by atoms with Crippen molar-refractivity contribution in [1.82, 2.24) is 10.3 Å². The molecule has 0 saturated carbocycles. The standard InChI is InChI=1S/C6H13N3O2/c1-2-11-5-3-9(4-5)6(10)8-7/h5H,2-4,7H2,1H3,(H,8,10). The van der Waals surface area contributed by atoms with E-state index in [0.717, 1.165) is 0 Å². The Kier molecular flexibility index (Phi) is 2.67. The summed E-state index contributed by atoms with van der Waals surface area (Å²) in [6.45, 7) is 3.93. The molecule has 0 aromatic heterocycles. The lowest BCUT2D eigenvalue weighted by Gasteiger charge is -2.37. The van der Waals surface area contributed by atoms with E-state index in [1.54, 1.807) is 4.90 Å². The molecule has 0 aromatic carbocycles. The third-order valence-corrected chi connectivity index (χ3v) is 1.66. The van der Waals surface area contributed by atoms with Gasteiger partial charge in [-0.3, -0.25) is 5.43 Å². The Balaban J connectivity index is 2.13. The fraction of sp³-hybridized carbons (Fsp3) is 0.833. The zero-order valence-corrected chi connectivity index (χ0v) is 6.54. The Labute approximate surface area is 65.5 Å². The van der Waals surface area contributed by atoms with Crippen LogP contribution in [0.4, 0.5) is 4.79 Å². The van der Waals surface area contributed by atoms with E-state index < -0.39 is 0 Å². The number of ether oxygens (including phenoxy) is 1. The summed E-state index contributed by atoms with van der Waals surface area (Å²) in [4.78, 5) is 12.4. The molecule has 0 atom stereocenters. The van der Waals surface area contributed by atoms with Gasteiger partial charge in [0.05, 0.1) is 19.2 Å². The monoisotopic (exact) mass is 159 g/mol. The Bertz CT molecular complexity index is 145. The van der Waals surface area contributed by atoms with Crippen molar-refractivity contribution < 1.29 is 9.53 Å². The number of amides is 2. The molecule has 0 radical (unpaired) electrons. The summed E-state index contributed by atoms with van der Waals surface area (Å²) in [6, 6.07) is -0.235. The van der Waals surface area contributed by atoms with Crippen LogP contribution < -0.4 is 11.3 Å². The second-order valence-electron chi connectivity index (χ2n) is 2.43. The normalized spacial score (nSPS) is 17.8. The average molecular weight is 159 g/mol. The molecule has 1 heterocycles. The highest BCUT2D eigenvalue weighted by atomic mass is 16.5. The van der Waals surface area contributed by atoms with Crippen molar-refractivity contribution in [3.05, 3.63) is 0 Å². The van der Waals surface area contributed by atoms with Crippen molar-refractivity contribution in [3.63, 3.8) is 0 Å². The fourth-order valence-electron chi connectivity index (χ4n) is 1.04. The second kappa shape index (κ2) is 3.54. The Hall–Kier alpha value is -0.810. The highest BCUT2D eigenvalue weighted by molar-refractivity contribution is 5.74. The van der Waals surface area contributed by atoms with Gasteiger partial charge in [0.2, 0.25) is 0 Å². The van der Waals surface area contributed by atoms with Crippen LogP contribution in [-0.4, -0.2) is 36.7 Å². The molecule has 0 unspecified atom stereocenters. The van der Waals surface area contributed by atoms with Crippen molar-refractivity contribution in [2.45, 2.75) is 13.0 Å². The molecule has 5 nitrogen and oxygen atoms in total. The number of hydrazine groups is 1. The number of nitrogens with two attached hydrogens (primary N) is 1. The third kappa shape index (κ3) is 1.81. The van der Waals surface area contributed by atoms with E-state index in [-0.39, 0.29) is 12.1 Å². The topological polar surface area (TPSA) is 67.6 Å². The van der Waals surface area contributed by atoms with Crippen LogP contribution in [0.1, 0.15) is 6.92 Å². The average Bonchev–Trinajstić information content (AvgIpc) is 1.94. The van der Waals surface area contributed by atoms with Gasteiger partial charge in [-0.2, -0.15) is 0 Å². The Morgan fingerprint density at radius 2 is 2.45 bits per heavy atom. The number of hydrogen-bond acceptors (Lipinski definition) is 3. The van der Waals surface area contributed by atoms with Gasteiger partial charge in [0.25, 0.3) is 0 Å². The van der Waals surface area contributed by atoms with Gasteiger partial charge < -0.3 is 9.64 Å². The Morgan fingerprint density at radius 3 is 2.91 bits per heavy atom. The number of nitrogens with one attached hydrogen (secondary N) is 1. The van der Waals surface area contributed by atoms with Gasteiger partial charge in [-0.25, -0.2) is 10.6 Å². The number of likely N-dealkylation sites (tertiary alicyclic amines) is 1. The second-order valence-corrected chi connectivity index (χ2v) is 2.43. The minimum atomic E-state index is -0.235. The Morgan fingerprint density at radius 1 is 1.82 bits per heavy atom. The van der Waals surface area contributed by atoms with Crippen molar-refractivity contribution >= 4 is 6.03 Å². The number of hydrogen-bond donors (Lipinski definition) is 2. The van der Waals surface area contributed by atoms with Gasteiger partial charge in [0.1, 0.15) is 0 Å². The summed E-state index contributed by atoms with van der Waals surface area (Å²) in [5.74, 6) is 4.92. The zero-order chi connectivity index (χ0) is 8.27. The number of carbonyl (C=O) groups is 1. The summed E-state index contributed by atoms with van der Waals surface area (Å²) in [5, 5.41) is 0. The largest absolute Gasteiger partial charge is 0.375 e. The summed E-state index contributed by atoms with van der Waals surface area (Å²) in [5.41, 5.74) is 2.06. The smallest absolute Gasteiger partial charge is 0.331 e. The number of carbonyl (C=O) groups excluding carboxylic acids is 1. The van der Waals surface area contributed by atoms with Crippen LogP contribution in [0.15, 0.2) is 0 Å². The van der Waals surface area contributed by atoms with Crippen molar-refractivity contribution in [2.75, 3.05) is 19.7 Å². The molecule has 5 heteroatoms. The quantitative estimate of drug-likeness (QED) is 0.318. The molecule has 2 amide bonds. The van der Waals surface area contributed by atoms with Crippen LogP contribution in [0.2, 0.25) is 0 Å². The van der Waals surface area contributed by atoms with E-state index in [1.807, 2.05) is 6.92 Å². The number of urea groups is 1. The molecule has 0 spiro atoms. The first-order chi connectivity index (χ1) is 5.27. The van der Waals surface area contributed by atoms with E-state index >= 15 is 0 Å². The zero-order valence-electron chi connectivity index (χ0n) is 6.54. The SMILES string of the molecule is CCOC1CN(C(=O)NN)C1. The molecule has 0 bridgehead atoms. The van der Waals surface area contributed by atoms with Gasteiger partial charge in [-0.1, -0.05) is 0 Å². The molecule has 1 aliphatic rings. The van der Waals surface area contributed by atoms with E-state index in [0.29, 0.717) is 19.7 Å². The number of nitrogens with zero attached hydrogens (tertiary/aromatic N) is 1. The summed E-state index contributed by atoms with van der Waals surface area (Å²) in [7, 11) is 0. The maximum absolute atomic E-state index is 10.8. The lowest BCUT2D eigenvalue weighted by atomic mass is 10.2. The third-order valence-electron chi connectivity index (χ3n) is 1.66. The first-order valence-corrected chi connectivity index (χ1v) is 3.65. The molecule has 0 aromatic rings. The molecule has 1 fully saturated rings. The van der Waals surface area contributed by atoms with Gasteiger partial charge in [-0.05, 0) is 6.92 Å². The maximum atomic E-state index is 10.8. The van der Waals surface area contributed by atoms with Crippen molar-refractivity contribution in [3.8, 4) is 0 Å². The van der Waals surface area contributed by atoms with Crippen LogP contribution in [0.25, 0.3) is 0 Å². The van der Waals surface area contributed by atoms with Gasteiger partial charge in [0, 0.05) is 6.61 Å². The first-order valence-electron chi connectivity index (χ1n) is 3.65. The molecular weight excluding hydrogens is 146 g/mol. The van der Waals surface area contributed by atoms with Crippen molar-refractivity contribution in [1.29, 1.82) is 0 Å². The molecule has 1 rings (SSSR count). The minimum absolute atomic E-state index is 0.206. The molecular formula is C6H13N3O2. The van der Waals surface area contributed by atoms with Crippen LogP contribution >= 0.6 is 0 Å². The predicted molar refractivity (Wildman–Crippen MR) is 39.7 cm³/mol. The fourth-order valence-corrected chi connectivity index (χ4v) is 1.04. The van der Waals surface area contributed by atoms with Crippen LogP contribution in [-0.2, 0) is 4.74 Å². The molecule has 3 N–H and O–H groups in total. The maximum Gasteiger partial charge on any atom is 0.331 e. The number of rotatable bonds is 2. The summed E-state index contributed by atoms with van der Waals surface area (Å²) in [6.07, 6.45) is 0.206. The molecule has 1 saturated heterocycles. The van der Waals surface area contributed by atoms with Crippen LogP contribution in [0, 0.1) is 0 Å². The molecule has 11 heavy (non-hydrogen) atoms. The van der Waals surface area contributed by atoms with Crippen LogP contribution in [0.5, 0.6) is 0 Å². The van der Waals surface area contributed by atoms with E-state index in [4.69, 9.17) is 10.6 Å². The van der Waals surface area contributed by atoms with Crippen molar-refractivity contribution in [2.24, 2.45) is 5.84 Å². The highest BCUT2D eigenvalue weighted by Crippen LogP contribution is 2.10. The van der Waals surface area contributed by atoms with Crippen LogP contribution in [0.3, 0.4) is 0 Å². The predicted octanol–water partition coefficient (Wildman–Crippen LogP) is -0.710. The summed E-state index contributed by atoms with van der Waals surface area (Å²) < 4.78 is 5.24. The molecule has 64 valence electrons. The molecule has 1 aliphatic heterocycles. The lowest BCUT2D eigenvalue weighted by molar-refractivity contribution is -0.0299. The molecule has 0 aliphatic carbocycles. The first kappa shape index (κ1) is 8.29.